The second-order valence-corrected chi connectivity index (χ2v) is 4.72. The van der Waals surface area contributed by atoms with Crippen LogP contribution in [0, 0.1) is 10.8 Å². The van der Waals surface area contributed by atoms with E-state index in [9.17, 15) is 0 Å². The topological polar surface area (TPSA) is 0 Å². The molecule has 0 nitrogen and oxygen atoms in total. The van der Waals surface area contributed by atoms with Gasteiger partial charge in [0, 0.05) is 0 Å². The van der Waals surface area contributed by atoms with Crippen molar-refractivity contribution < 1.29 is 0 Å². The van der Waals surface area contributed by atoms with Crippen molar-refractivity contribution in [1.29, 1.82) is 0 Å². The van der Waals surface area contributed by atoms with Crippen molar-refractivity contribution in [3.63, 3.8) is 0 Å². The minimum absolute atomic E-state index is 0.655. The Bertz CT molecular complexity index is 124. The summed E-state index contributed by atoms with van der Waals surface area (Å²) in [6.07, 6.45) is 5.65. The van der Waals surface area contributed by atoms with Crippen LogP contribution in [-0.4, -0.2) is 0 Å². The monoisotopic (exact) mass is 140 g/mol. The molecule has 0 aromatic heterocycles. The lowest BCUT2D eigenvalue weighted by molar-refractivity contribution is 0.378. The van der Waals surface area contributed by atoms with Crippen LogP contribution in [0.4, 0.5) is 0 Å². The highest BCUT2D eigenvalue weighted by atomic mass is 14.6. The van der Waals surface area contributed by atoms with E-state index in [2.05, 4.69) is 27.7 Å². The molecule has 60 valence electrons. The second-order valence-electron chi connectivity index (χ2n) is 4.72. The van der Waals surface area contributed by atoms with Gasteiger partial charge in [-0.1, -0.05) is 40.5 Å². The molecule has 0 radical (unpaired) electrons. The molecule has 1 atom stereocenters. The number of hydrogen-bond donors (Lipinski definition) is 0. The van der Waals surface area contributed by atoms with Gasteiger partial charge < -0.3 is 0 Å². The van der Waals surface area contributed by atoms with Gasteiger partial charge in [0.2, 0.25) is 0 Å². The molecule has 0 aromatic rings. The molecule has 1 rings (SSSR count). The first-order chi connectivity index (χ1) is 4.52. The molecule has 0 heteroatoms. The zero-order valence-electron chi connectivity index (χ0n) is 7.83. The van der Waals surface area contributed by atoms with Crippen LogP contribution in [0.3, 0.4) is 0 Å². The van der Waals surface area contributed by atoms with E-state index >= 15 is 0 Å². The van der Waals surface area contributed by atoms with Gasteiger partial charge in [-0.15, -0.1) is 0 Å². The molecule has 0 amide bonds. The first-order valence-corrected chi connectivity index (χ1v) is 4.52. The van der Waals surface area contributed by atoms with Crippen LogP contribution in [0.5, 0.6) is 0 Å². The summed E-state index contributed by atoms with van der Waals surface area (Å²) in [6.45, 7) is 9.49. The van der Waals surface area contributed by atoms with Crippen molar-refractivity contribution in [1.82, 2.24) is 0 Å². The van der Waals surface area contributed by atoms with Gasteiger partial charge in [-0.25, -0.2) is 0 Å². The Kier molecular flexibility index (Phi) is 1.82. The van der Waals surface area contributed by atoms with Crippen LogP contribution in [0.25, 0.3) is 0 Å². The van der Waals surface area contributed by atoms with Crippen LogP contribution in [-0.2, 0) is 0 Å². The molecular weight excluding hydrogens is 120 g/mol. The molecule has 0 saturated heterocycles. The summed E-state index contributed by atoms with van der Waals surface area (Å²) in [5, 5.41) is 0. The molecule has 0 aliphatic heterocycles. The number of unbranched alkanes of at least 4 members (excludes halogenated alkanes) is 1. The molecule has 1 aliphatic rings. The van der Waals surface area contributed by atoms with E-state index in [0.29, 0.717) is 10.8 Å². The van der Waals surface area contributed by atoms with E-state index in [-0.39, 0.29) is 0 Å². The highest BCUT2D eigenvalue weighted by Crippen LogP contribution is 2.65. The lowest BCUT2D eigenvalue weighted by Gasteiger charge is -2.13. The van der Waals surface area contributed by atoms with Gasteiger partial charge in [0.05, 0.1) is 0 Å². The Balaban J connectivity index is 2.30. The van der Waals surface area contributed by atoms with E-state index in [4.69, 9.17) is 0 Å². The lowest BCUT2D eigenvalue weighted by atomic mass is 9.92. The van der Waals surface area contributed by atoms with Gasteiger partial charge in [-0.3, -0.25) is 0 Å². The molecule has 0 N–H and O–H groups in total. The highest BCUT2D eigenvalue weighted by Gasteiger charge is 2.56. The minimum atomic E-state index is 0.655. The van der Waals surface area contributed by atoms with Gasteiger partial charge in [0.1, 0.15) is 0 Å². The molecule has 0 unspecified atom stereocenters. The quantitative estimate of drug-likeness (QED) is 0.561. The highest BCUT2D eigenvalue weighted by molar-refractivity contribution is 5.05. The molecule has 0 bridgehead atoms. The SMILES string of the molecule is CCCC[C@@]1(C)CC1(C)C. The van der Waals surface area contributed by atoms with Crippen molar-refractivity contribution in [2.45, 2.75) is 53.4 Å². The summed E-state index contributed by atoms with van der Waals surface area (Å²) >= 11 is 0. The summed E-state index contributed by atoms with van der Waals surface area (Å²) in [4.78, 5) is 0. The van der Waals surface area contributed by atoms with E-state index < -0.39 is 0 Å². The van der Waals surface area contributed by atoms with Crippen LogP contribution in [0.2, 0.25) is 0 Å². The van der Waals surface area contributed by atoms with E-state index in [1.807, 2.05) is 0 Å². The third kappa shape index (κ3) is 1.21. The van der Waals surface area contributed by atoms with Crippen LogP contribution in [0.15, 0.2) is 0 Å². The predicted molar refractivity (Wildman–Crippen MR) is 46.0 cm³/mol. The van der Waals surface area contributed by atoms with Gasteiger partial charge >= 0.3 is 0 Å². The van der Waals surface area contributed by atoms with Crippen molar-refractivity contribution in [2.75, 3.05) is 0 Å². The van der Waals surface area contributed by atoms with E-state index in [1.165, 1.54) is 25.7 Å². The molecule has 1 fully saturated rings. The number of hydrogen-bond acceptors (Lipinski definition) is 0. The van der Waals surface area contributed by atoms with Gasteiger partial charge in [0.15, 0.2) is 0 Å². The van der Waals surface area contributed by atoms with Crippen molar-refractivity contribution >= 4 is 0 Å². The Morgan fingerprint density at radius 1 is 1.20 bits per heavy atom. The smallest absolute Gasteiger partial charge is 0.0269 e. The summed E-state index contributed by atoms with van der Waals surface area (Å²) < 4.78 is 0. The first-order valence-electron chi connectivity index (χ1n) is 4.52. The molecule has 1 saturated carbocycles. The maximum absolute atomic E-state index is 2.43. The maximum atomic E-state index is 2.43. The number of rotatable bonds is 3. The van der Waals surface area contributed by atoms with Crippen molar-refractivity contribution in [3.8, 4) is 0 Å². The molecule has 10 heavy (non-hydrogen) atoms. The first kappa shape index (κ1) is 8.10. The van der Waals surface area contributed by atoms with Crippen molar-refractivity contribution in [3.05, 3.63) is 0 Å². The van der Waals surface area contributed by atoms with Crippen LogP contribution < -0.4 is 0 Å². The third-order valence-corrected chi connectivity index (χ3v) is 3.42. The summed E-state index contributed by atoms with van der Waals surface area (Å²) in [5.41, 5.74) is 1.35. The fourth-order valence-electron chi connectivity index (χ4n) is 1.92. The largest absolute Gasteiger partial charge is 0.0654 e. The van der Waals surface area contributed by atoms with Gasteiger partial charge in [-0.05, 0) is 23.7 Å². The third-order valence-electron chi connectivity index (χ3n) is 3.42. The van der Waals surface area contributed by atoms with Gasteiger partial charge in [-0.2, -0.15) is 0 Å². The fraction of sp³-hybridized carbons (Fsp3) is 1.00. The zero-order chi connectivity index (χ0) is 7.83. The standard InChI is InChI=1S/C10H20/c1-5-6-7-10(4)8-9(10,2)3/h5-8H2,1-4H3/t10-/m0/s1. The molecular formula is C10H20. The lowest BCUT2D eigenvalue weighted by Crippen LogP contribution is -2.02. The molecule has 0 heterocycles. The average Bonchev–Trinajstić information content (AvgIpc) is 2.29. The molecule has 0 aromatic carbocycles. The maximum Gasteiger partial charge on any atom is -0.0269 e. The van der Waals surface area contributed by atoms with E-state index in [1.54, 1.807) is 0 Å². The summed E-state index contributed by atoms with van der Waals surface area (Å²) in [7, 11) is 0. The Morgan fingerprint density at radius 3 is 2.00 bits per heavy atom. The Hall–Kier alpha value is 0. The summed E-state index contributed by atoms with van der Waals surface area (Å²) in [5.74, 6) is 0. The zero-order valence-corrected chi connectivity index (χ0v) is 7.83. The second kappa shape index (κ2) is 2.25. The van der Waals surface area contributed by atoms with Crippen LogP contribution in [0.1, 0.15) is 53.4 Å². The fourth-order valence-corrected chi connectivity index (χ4v) is 1.92. The minimum Gasteiger partial charge on any atom is -0.0654 e. The average molecular weight is 140 g/mol. The molecule has 1 aliphatic carbocycles. The Labute approximate surface area is 65.0 Å². The Morgan fingerprint density at radius 2 is 1.70 bits per heavy atom. The normalized spacial score (nSPS) is 36.0. The predicted octanol–water partition coefficient (Wildman–Crippen LogP) is 3.61. The van der Waals surface area contributed by atoms with E-state index in [0.717, 1.165) is 0 Å². The van der Waals surface area contributed by atoms with Gasteiger partial charge in [0.25, 0.3) is 0 Å². The van der Waals surface area contributed by atoms with Crippen LogP contribution >= 0.6 is 0 Å². The molecule has 0 spiro atoms. The van der Waals surface area contributed by atoms with Crippen molar-refractivity contribution in [2.24, 2.45) is 10.8 Å². The summed E-state index contributed by atoms with van der Waals surface area (Å²) in [6, 6.07) is 0.